The molecule has 4 aromatic rings. The van der Waals surface area contributed by atoms with Crippen molar-refractivity contribution in [3.63, 3.8) is 0 Å². The number of rotatable bonds is 10. The Morgan fingerprint density at radius 3 is 2.44 bits per heavy atom. The van der Waals surface area contributed by atoms with Crippen LogP contribution in [-0.2, 0) is 18.9 Å². The molecule has 0 aliphatic carbocycles. The zero-order valence-electron chi connectivity index (χ0n) is 28.4. The molecule has 2 aromatic heterocycles. The van der Waals surface area contributed by atoms with Crippen LogP contribution in [0.5, 0.6) is 11.8 Å². The first-order chi connectivity index (χ1) is 23.0. The van der Waals surface area contributed by atoms with Crippen molar-refractivity contribution in [3.05, 3.63) is 47.9 Å². The Morgan fingerprint density at radius 1 is 1.04 bits per heavy atom. The minimum Gasteiger partial charge on any atom is -0.468 e. The largest absolute Gasteiger partial charge is 0.468 e. The van der Waals surface area contributed by atoms with Gasteiger partial charge in [0.1, 0.15) is 35.0 Å². The molecule has 0 radical (unpaired) electrons. The number of methoxy groups -OCH3 is 3. The summed E-state index contributed by atoms with van der Waals surface area (Å²) >= 11 is 0. The maximum atomic E-state index is 16.9. The second-order valence-electron chi connectivity index (χ2n) is 13.1. The van der Waals surface area contributed by atoms with E-state index in [0.717, 1.165) is 29.2 Å². The number of ether oxygens (including phenoxy) is 6. The van der Waals surface area contributed by atoms with E-state index >= 15 is 4.39 Å². The first kappa shape index (κ1) is 33.6. The summed E-state index contributed by atoms with van der Waals surface area (Å²) in [4.78, 5) is 31.0. The van der Waals surface area contributed by atoms with E-state index in [1.54, 1.807) is 12.3 Å². The Bertz CT molecular complexity index is 1800. The third-order valence-electron chi connectivity index (χ3n) is 8.66. The number of nitrogens with zero attached hydrogens (tertiary/aromatic N) is 5. The lowest BCUT2D eigenvalue weighted by atomic mass is 9.96. The van der Waals surface area contributed by atoms with Gasteiger partial charge in [0.15, 0.2) is 18.9 Å². The number of carbonyl (C=O) groups excluding carboxylic acids is 1. The zero-order chi connectivity index (χ0) is 34.2. The number of benzene rings is 2. The topological polar surface area (TPSA) is 118 Å². The number of piperazine rings is 1. The summed E-state index contributed by atoms with van der Waals surface area (Å²) < 4.78 is 50.0. The molecule has 0 spiro atoms. The molecular weight excluding hydrogens is 621 g/mol. The van der Waals surface area contributed by atoms with Crippen LogP contribution in [0.3, 0.4) is 0 Å². The molecule has 4 heterocycles. The highest BCUT2D eigenvalue weighted by atomic mass is 19.1. The summed E-state index contributed by atoms with van der Waals surface area (Å²) in [7, 11) is 4.54. The van der Waals surface area contributed by atoms with Crippen LogP contribution in [0.4, 0.5) is 15.0 Å². The minimum absolute atomic E-state index is 0.0160. The van der Waals surface area contributed by atoms with Crippen LogP contribution >= 0.6 is 0 Å². The molecule has 2 aliphatic rings. The number of carbonyl (C=O) groups is 1. The Balaban J connectivity index is 1.45. The maximum absolute atomic E-state index is 16.9. The lowest BCUT2D eigenvalue weighted by Gasteiger charge is -2.42. The monoisotopic (exact) mass is 663 g/mol. The van der Waals surface area contributed by atoms with Gasteiger partial charge in [-0.15, -0.1) is 0 Å². The van der Waals surface area contributed by atoms with Crippen molar-refractivity contribution in [3.8, 4) is 23.0 Å². The molecule has 2 bridgehead atoms. The number of anilines is 1. The fourth-order valence-corrected chi connectivity index (χ4v) is 6.56. The molecule has 0 N–H and O–H groups in total. The molecule has 0 saturated carbocycles. The van der Waals surface area contributed by atoms with E-state index in [4.69, 9.17) is 33.4 Å². The van der Waals surface area contributed by atoms with E-state index in [1.807, 2.05) is 56.9 Å². The Labute approximate surface area is 279 Å². The summed E-state index contributed by atoms with van der Waals surface area (Å²) in [6, 6.07) is 9.29. The van der Waals surface area contributed by atoms with Gasteiger partial charge in [0.2, 0.25) is 0 Å². The molecule has 2 aromatic carbocycles. The predicted octanol–water partition coefficient (Wildman–Crippen LogP) is 5.86. The van der Waals surface area contributed by atoms with Crippen molar-refractivity contribution in [1.29, 1.82) is 0 Å². The number of hydrogen-bond donors (Lipinski definition) is 0. The van der Waals surface area contributed by atoms with Gasteiger partial charge < -0.3 is 33.3 Å². The smallest absolute Gasteiger partial charge is 0.410 e. The molecular formula is C35H42FN5O7. The molecule has 2 aliphatic heterocycles. The minimum atomic E-state index is -0.678. The van der Waals surface area contributed by atoms with E-state index in [-0.39, 0.29) is 48.8 Å². The van der Waals surface area contributed by atoms with Gasteiger partial charge in [0.25, 0.3) is 0 Å². The highest BCUT2D eigenvalue weighted by Gasteiger charge is 2.45. The molecule has 48 heavy (non-hydrogen) atoms. The fraction of sp³-hybridized carbons (Fsp3) is 0.486. The number of amides is 1. The van der Waals surface area contributed by atoms with Crippen molar-refractivity contribution in [2.75, 3.05) is 52.7 Å². The molecule has 2 fully saturated rings. The molecule has 1 amide bonds. The van der Waals surface area contributed by atoms with Gasteiger partial charge in [-0.2, -0.15) is 9.97 Å². The summed E-state index contributed by atoms with van der Waals surface area (Å²) in [5.74, 6) is 0.361. The third-order valence-corrected chi connectivity index (χ3v) is 8.66. The van der Waals surface area contributed by atoms with Gasteiger partial charge in [-0.25, -0.2) is 9.18 Å². The van der Waals surface area contributed by atoms with E-state index in [2.05, 4.69) is 14.9 Å². The molecule has 12 nitrogen and oxygen atoms in total. The van der Waals surface area contributed by atoms with Gasteiger partial charge in [0.05, 0.1) is 17.5 Å². The second kappa shape index (κ2) is 13.7. The highest BCUT2D eigenvalue weighted by Crippen LogP contribution is 2.40. The van der Waals surface area contributed by atoms with Gasteiger partial charge in [-0.1, -0.05) is 18.2 Å². The average molecular weight is 664 g/mol. The Morgan fingerprint density at radius 2 is 1.77 bits per heavy atom. The normalized spacial score (nSPS) is 17.9. The van der Waals surface area contributed by atoms with Crippen LogP contribution in [0.1, 0.15) is 39.2 Å². The molecule has 2 atom stereocenters. The van der Waals surface area contributed by atoms with Crippen LogP contribution in [0.15, 0.2) is 36.5 Å². The number of halogens is 1. The molecule has 256 valence electrons. The quantitative estimate of drug-likeness (QED) is 0.190. The van der Waals surface area contributed by atoms with Crippen LogP contribution in [-0.4, -0.2) is 97.7 Å². The summed E-state index contributed by atoms with van der Waals surface area (Å²) in [5, 5.41) is 2.14. The van der Waals surface area contributed by atoms with Gasteiger partial charge in [-0.3, -0.25) is 9.88 Å². The standard InChI is InChI=1S/C35H42FN5O7/c1-20-9-8-10-21-13-24(47-19-43-5)14-25(28(20)21)30-29(36)31-26(15-37-30)32(39-33(38-31)46-18-27(44-6)45-7)40-16-22-11-12-23(17-40)41(22)34(42)48-35(2,3)4/h8-10,13-15,22-23,27H,11-12,16-19H2,1-7H3. The van der Waals surface area contributed by atoms with E-state index in [9.17, 15) is 4.79 Å². The van der Waals surface area contributed by atoms with Crippen LogP contribution in [0.25, 0.3) is 32.9 Å². The van der Waals surface area contributed by atoms with Crippen molar-refractivity contribution in [1.82, 2.24) is 19.9 Å². The van der Waals surface area contributed by atoms with E-state index in [0.29, 0.717) is 35.6 Å². The predicted molar refractivity (Wildman–Crippen MR) is 178 cm³/mol. The lowest BCUT2D eigenvalue weighted by Crippen LogP contribution is -2.57. The number of hydrogen-bond acceptors (Lipinski definition) is 11. The fourth-order valence-electron chi connectivity index (χ4n) is 6.56. The SMILES string of the molecule is COCOc1cc(-c2ncc3c(N4CC5CCC(C4)N5C(=O)OC(C)(C)C)nc(OCC(OC)OC)nc3c2F)c2c(C)cccc2c1. The number of aromatic nitrogens is 3. The molecule has 2 unspecified atom stereocenters. The first-order valence-electron chi connectivity index (χ1n) is 16.0. The molecule has 13 heteroatoms. The number of fused-ring (bicyclic) bond motifs is 4. The lowest BCUT2D eigenvalue weighted by molar-refractivity contribution is -0.123. The van der Waals surface area contributed by atoms with Crippen molar-refractivity contribution >= 4 is 33.6 Å². The van der Waals surface area contributed by atoms with Crippen LogP contribution in [0, 0.1) is 12.7 Å². The zero-order valence-corrected chi connectivity index (χ0v) is 28.4. The van der Waals surface area contributed by atoms with Crippen LogP contribution in [0.2, 0.25) is 0 Å². The molecule has 2 saturated heterocycles. The Hall–Kier alpha value is -4.33. The molecule has 6 rings (SSSR count). The number of pyridine rings is 1. The number of aryl methyl sites for hydroxylation is 1. The average Bonchev–Trinajstić information content (AvgIpc) is 3.32. The van der Waals surface area contributed by atoms with Crippen molar-refractivity contribution < 1.29 is 37.6 Å². The van der Waals surface area contributed by atoms with E-state index < -0.39 is 17.7 Å². The Kier molecular flexibility index (Phi) is 9.55. The summed E-state index contributed by atoms with van der Waals surface area (Å²) in [6.45, 7) is 8.53. The first-order valence-corrected chi connectivity index (χ1v) is 16.0. The third kappa shape index (κ3) is 6.67. The second-order valence-corrected chi connectivity index (χ2v) is 13.1. The van der Waals surface area contributed by atoms with Gasteiger partial charge in [-0.05, 0) is 69.0 Å². The van der Waals surface area contributed by atoms with Crippen molar-refractivity contribution in [2.24, 2.45) is 0 Å². The van der Waals surface area contributed by atoms with Gasteiger partial charge >= 0.3 is 12.1 Å². The maximum Gasteiger partial charge on any atom is 0.410 e. The summed E-state index contributed by atoms with van der Waals surface area (Å²) in [5.41, 5.74) is 1.07. The van der Waals surface area contributed by atoms with Crippen molar-refractivity contribution in [2.45, 2.75) is 64.5 Å². The van der Waals surface area contributed by atoms with Crippen LogP contribution < -0.4 is 14.4 Å². The van der Waals surface area contributed by atoms with Gasteiger partial charge in [0, 0.05) is 46.2 Å². The highest BCUT2D eigenvalue weighted by molar-refractivity contribution is 6.01. The summed E-state index contributed by atoms with van der Waals surface area (Å²) in [6.07, 6.45) is 2.24. The van der Waals surface area contributed by atoms with E-state index in [1.165, 1.54) is 21.3 Å².